The molecule has 1 atom stereocenters. The molecule has 1 aromatic carbocycles. The van der Waals surface area contributed by atoms with Crippen LogP contribution in [0.25, 0.3) is 0 Å². The fraction of sp³-hybridized carbons (Fsp3) is 0.333. The molecule has 0 aliphatic carbocycles. The lowest BCUT2D eigenvalue weighted by molar-refractivity contribution is 0.547. The second-order valence-electron chi connectivity index (χ2n) is 4.95. The first kappa shape index (κ1) is 16.4. The SMILES string of the molecule is C=CCS(=O)(=O)c1nnc([C@@H](N)Cc2ccccc2)n1CC. The van der Waals surface area contributed by atoms with E-state index in [0.29, 0.717) is 18.8 Å². The number of benzene rings is 1. The molecule has 0 bridgehead atoms. The summed E-state index contributed by atoms with van der Waals surface area (Å²) < 4.78 is 25.9. The van der Waals surface area contributed by atoms with E-state index in [9.17, 15) is 8.42 Å². The number of rotatable bonds is 7. The molecule has 2 N–H and O–H groups in total. The van der Waals surface area contributed by atoms with Gasteiger partial charge in [-0.2, -0.15) is 0 Å². The maximum absolute atomic E-state index is 12.2. The molecule has 118 valence electrons. The molecule has 2 rings (SSSR count). The van der Waals surface area contributed by atoms with Gasteiger partial charge >= 0.3 is 0 Å². The zero-order chi connectivity index (χ0) is 16.2. The molecular formula is C15H20N4O2S. The van der Waals surface area contributed by atoms with Crippen molar-refractivity contribution in [1.29, 1.82) is 0 Å². The molecule has 0 fully saturated rings. The van der Waals surface area contributed by atoms with Crippen molar-refractivity contribution in [2.24, 2.45) is 5.73 Å². The molecule has 7 heteroatoms. The van der Waals surface area contributed by atoms with Crippen LogP contribution >= 0.6 is 0 Å². The van der Waals surface area contributed by atoms with E-state index in [4.69, 9.17) is 5.73 Å². The molecule has 0 amide bonds. The van der Waals surface area contributed by atoms with Gasteiger partial charge in [-0.25, -0.2) is 8.42 Å². The molecule has 1 aromatic heterocycles. The van der Waals surface area contributed by atoms with Crippen LogP contribution in [0.1, 0.15) is 24.4 Å². The van der Waals surface area contributed by atoms with Crippen molar-refractivity contribution < 1.29 is 8.42 Å². The number of sulfone groups is 1. The van der Waals surface area contributed by atoms with Gasteiger partial charge in [0.25, 0.3) is 0 Å². The average molecular weight is 320 g/mol. The van der Waals surface area contributed by atoms with Crippen molar-refractivity contribution in [1.82, 2.24) is 14.8 Å². The maximum atomic E-state index is 12.2. The van der Waals surface area contributed by atoms with Crippen LogP contribution in [0.3, 0.4) is 0 Å². The molecule has 0 aliphatic heterocycles. The van der Waals surface area contributed by atoms with E-state index in [2.05, 4.69) is 16.8 Å². The van der Waals surface area contributed by atoms with Crippen LogP contribution in [0, 0.1) is 0 Å². The number of hydrogen-bond donors (Lipinski definition) is 1. The van der Waals surface area contributed by atoms with Gasteiger partial charge in [0, 0.05) is 6.54 Å². The molecule has 0 aliphatic rings. The molecule has 0 radical (unpaired) electrons. The molecule has 22 heavy (non-hydrogen) atoms. The molecule has 1 heterocycles. The fourth-order valence-electron chi connectivity index (χ4n) is 2.29. The van der Waals surface area contributed by atoms with Gasteiger partial charge in [-0.1, -0.05) is 36.4 Å². The molecule has 0 unspecified atom stereocenters. The normalized spacial score (nSPS) is 13.0. The van der Waals surface area contributed by atoms with Gasteiger partial charge in [0.15, 0.2) is 5.82 Å². The smallest absolute Gasteiger partial charge is 0.250 e. The third-order valence-electron chi connectivity index (χ3n) is 3.31. The summed E-state index contributed by atoms with van der Waals surface area (Å²) in [6, 6.07) is 9.34. The van der Waals surface area contributed by atoms with E-state index < -0.39 is 15.9 Å². The Hall–Kier alpha value is -1.99. The molecule has 0 saturated carbocycles. The zero-order valence-corrected chi connectivity index (χ0v) is 13.3. The Morgan fingerprint density at radius 2 is 2.00 bits per heavy atom. The van der Waals surface area contributed by atoms with E-state index in [-0.39, 0.29) is 10.9 Å². The summed E-state index contributed by atoms with van der Waals surface area (Å²) in [6.07, 6.45) is 1.91. The van der Waals surface area contributed by atoms with E-state index >= 15 is 0 Å². The van der Waals surface area contributed by atoms with Gasteiger partial charge in [-0.3, -0.25) is 0 Å². The van der Waals surface area contributed by atoms with Crippen LogP contribution in [-0.4, -0.2) is 28.9 Å². The topological polar surface area (TPSA) is 90.9 Å². The lowest BCUT2D eigenvalue weighted by Crippen LogP contribution is -2.21. The third kappa shape index (κ3) is 3.42. The Kier molecular flexibility index (Phi) is 5.10. The Labute approximate surface area is 130 Å². The summed E-state index contributed by atoms with van der Waals surface area (Å²) in [7, 11) is -3.52. The van der Waals surface area contributed by atoms with Crippen molar-refractivity contribution in [2.75, 3.05) is 5.75 Å². The minimum atomic E-state index is -3.52. The fourth-order valence-corrected chi connectivity index (χ4v) is 3.47. The van der Waals surface area contributed by atoms with Crippen LogP contribution in [0.5, 0.6) is 0 Å². The Bertz CT molecular complexity index is 738. The molecule has 6 nitrogen and oxygen atoms in total. The Balaban J connectivity index is 2.32. The summed E-state index contributed by atoms with van der Waals surface area (Å²) in [5.41, 5.74) is 7.26. The van der Waals surface area contributed by atoms with Crippen molar-refractivity contribution in [3.63, 3.8) is 0 Å². The number of nitrogens with two attached hydrogens (primary N) is 1. The second kappa shape index (κ2) is 6.85. The van der Waals surface area contributed by atoms with E-state index in [0.717, 1.165) is 5.56 Å². The molecule has 2 aromatic rings. The van der Waals surface area contributed by atoms with Gasteiger partial charge in [-0.15, -0.1) is 16.8 Å². The standard InChI is InChI=1S/C15H20N4O2S/c1-3-10-22(20,21)15-18-17-14(19(15)4-2)13(16)11-12-8-6-5-7-9-12/h3,5-9,13H,1,4,10-11,16H2,2H3/t13-/m0/s1. The first-order chi connectivity index (χ1) is 10.5. The molecular weight excluding hydrogens is 300 g/mol. The number of nitrogens with zero attached hydrogens (tertiary/aromatic N) is 3. The summed E-state index contributed by atoms with van der Waals surface area (Å²) >= 11 is 0. The number of hydrogen-bond acceptors (Lipinski definition) is 5. The average Bonchev–Trinajstić information content (AvgIpc) is 2.93. The highest BCUT2D eigenvalue weighted by Gasteiger charge is 2.25. The van der Waals surface area contributed by atoms with Crippen molar-refractivity contribution in [3.05, 3.63) is 54.4 Å². The first-order valence-corrected chi connectivity index (χ1v) is 8.71. The van der Waals surface area contributed by atoms with Gasteiger partial charge in [-0.05, 0) is 18.9 Å². The molecule has 0 spiro atoms. The van der Waals surface area contributed by atoms with Crippen LogP contribution in [0.4, 0.5) is 0 Å². The highest BCUT2D eigenvalue weighted by molar-refractivity contribution is 7.91. The van der Waals surface area contributed by atoms with Gasteiger partial charge in [0.05, 0.1) is 11.8 Å². The van der Waals surface area contributed by atoms with Gasteiger partial charge in [0.2, 0.25) is 15.0 Å². The first-order valence-electron chi connectivity index (χ1n) is 7.05. The lowest BCUT2D eigenvalue weighted by atomic mass is 10.1. The minimum Gasteiger partial charge on any atom is -0.321 e. The van der Waals surface area contributed by atoms with Gasteiger partial charge in [0.1, 0.15) is 0 Å². The van der Waals surface area contributed by atoms with Crippen LogP contribution in [0.2, 0.25) is 0 Å². The van der Waals surface area contributed by atoms with E-state index in [1.165, 1.54) is 6.08 Å². The highest BCUT2D eigenvalue weighted by Crippen LogP contribution is 2.18. The van der Waals surface area contributed by atoms with Crippen molar-refractivity contribution >= 4 is 9.84 Å². The highest BCUT2D eigenvalue weighted by atomic mass is 32.2. The monoisotopic (exact) mass is 320 g/mol. The largest absolute Gasteiger partial charge is 0.321 e. The van der Waals surface area contributed by atoms with Crippen molar-refractivity contribution in [2.45, 2.75) is 31.1 Å². The quantitative estimate of drug-likeness (QED) is 0.781. The Morgan fingerprint density at radius 1 is 1.32 bits per heavy atom. The van der Waals surface area contributed by atoms with Gasteiger partial charge < -0.3 is 10.3 Å². The summed E-state index contributed by atoms with van der Waals surface area (Å²) in [5, 5.41) is 7.80. The van der Waals surface area contributed by atoms with Crippen molar-refractivity contribution in [3.8, 4) is 0 Å². The summed E-state index contributed by atoms with van der Waals surface area (Å²) in [5.74, 6) is 0.313. The second-order valence-corrected chi connectivity index (χ2v) is 6.88. The predicted octanol–water partition coefficient (Wildman–Crippen LogP) is 1.50. The lowest BCUT2D eigenvalue weighted by Gasteiger charge is -2.13. The zero-order valence-electron chi connectivity index (χ0n) is 12.5. The Morgan fingerprint density at radius 3 is 2.59 bits per heavy atom. The third-order valence-corrected chi connectivity index (χ3v) is 4.84. The van der Waals surface area contributed by atoms with Crippen LogP contribution in [-0.2, 0) is 22.8 Å². The summed E-state index contributed by atoms with van der Waals surface area (Å²) in [4.78, 5) is 0. The maximum Gasteiger partial charge on any atom is 0.250 e. The minimum absolute atomic E-state index is 0.0478. The number of aromatic nitrogens is 3. The van der Waals surface area contributed by atoms with Crippen LogP contribution in [0.15, 0.2) is 48.1 Å². The van der Waals surface area contributed by atoms with Crippen LogP contribution < -0.4 is 5.73 Å². The molecule has 0 saturated heterocycles. The van der Waals surface area contributed by atoms with E-state index in [1.54, 1.807) is 4.57 Å². The summed E-state index contributed by atoms with van der Waals surface area (Å²) in [6.45, 7) is 5.75. The predicted molar refractivity (Wildman–Crippen MR) is 85.0 cm³/mol. The van der Waals surface area contributed by atoms with E-state index in [1.807, 2.05) is 37.3 Å².